The molecule has 0 amide bonds. The van der Waals surface area contributed by atoms with Gasteiger partial charge in [0.05, 0.1) is 6.10 Å². The zero-order valence-corrected chi connectivity index (χ0v) is 12.4. The molecule has 5 nitrogen and oxygen atoms in total. The Bertz CT molecular complexity index is 565. The summed E-state index contributed by atoms with van der Waals surface area (Å²) in [5, 5.41) is 0. The minimum atomic E-state index is -0.658. The van der Waals surface area contributed by atoms with Crippen molar-refractivity contribution < 1.29 is 19.1 Å². The summed E-state index contributed by atoms with van der Waals surface area (Å²) < 4.78 is 10.9. The average molecular weight is 288 g/mol. The van der Waals surface area contributed by atoms with E-state index < -0.39 is 5.97 Å². The Morgan fingerprint density at radius 1 is 1.33 bits per heavy atom. The fraction of sp³-hybridized carbons (Fsp3) is 0.500. The van der Waals surface area contributed by atoms with Crippen molar-refractivity contribution in [2.24, 2.45) is 0 Å². The number of rotatable bonds is 6. The van der Waals surface area contributed by atoms with Gasteiger partial charge in [-0.2, -0.15) is 4.79 Å². The molecule has 1 aromatic carbocycles. The van der Waals surface area contributed by atoms with Crippen LogP contribution in [0.15, 0.2) is 18.2 Å². The molecule has 0 saturated carbocycles. The number of nitrogens with zero attached hydrogens (tertiary/aromatic N) is 2. The normalized spacial score (nSPS) is 15.5. The summed E-state index contributed by atoms with van der Waals surface area (Å²) in [7, 11) is 0. The molecule has 1 aliphatic rings. The smallest absolute Gasteiger partial charge is 0.413 e. The molecular formula is C16H20N2O3. The summed E-state index contributed by atoms with van der Waals surface area (Å²) in [5.74, 6) is 0.202. The fourth-order valence-electron chi connectivity index (χ4n) is 2.69. The summed E-state index contributed by atoms with van der Waals surface area (Å²) in [6, 6.07) is 6.23. The van der Waals surface area contributed by atoms with Gasteiger partial charge in [-0.3, -0.25) is 0 Å². The van der Waals surface area contributed by atoms with Crippen LogP contribution in [0, 0.1) is 0 Å². The van der Waals surface area contributed by atoms with Gasteiger partial charge in [-0.05, 0) is 56.4 Å². The maximum Gasteiger partial charge on any atom is 0.413 e. The zero-order valence-electron chi connectivity index (χ0n) is 12.4. The number of benzene rings is 1. The van der Waals surface area contributed by atoms with E-state index in [-0.39, 0.29) is 12.2 Å². The fourth-order valence-corrected chi connectivity index (χ4v) is 2.69. The monoisotopic (exact) mass is 288 g/mol. The van der Waals surface area contributed by atoms with Crippen LogP contribution in [0.5, 0.6) is 5.75 Å². The molecule has 0 spiro atoms. The SMILES string of the molecule is C[C@H](C[C@H](C)Oc1ccc2c(c1)CCC2)OC(=O)C=[N+]=[N-]. The van der Waals surface area contributed by atoms with Crippen LogP contribution in [-0.4, -0.2) is 29.2 Å². The van der Waals surface area contributed by atoms with Crippen molar-refractivity contribution in [2.75, 3.05) is 0 Å². The molecule has 0 aromatic heterocycles. The van der Waals surface area contributed by atoms with Gasteiger partial charge >= 0.3 is 12.2 Å². The summed E-state index contributed by atoms with van der Waals surface area (Å²) >= 11 is 0. The first-order valence-electron chi connectivity index (χ1n) is 7.25. The van der Waals surface area contributed by atoms with Crippen LogP contribution in [0.4, 0.5) is 0 Å². The van der Waals surface area contributed by atoms with Crippen LogP contribution in [0.2, 0.25) is 0 Å². The first-order valence-corrected chi connectivity index (χ1v) is 7.25. The minimum Gasteiger partial charge on any atom is -0.491 e. The molecular weight excluding hydrogens is 268 g/mol. The summed E-state index contributed by atoms with van der Waals surface area (Å²) in [6.07, 6.45) is 4.43. The third kappa shape index (κ3) is 4.43. The van der Waals surface area contributed by atoms with Crippen molar-refractivity contribution in [3.63, 3.8) is 0 Å². The van der Waals surface area contributed by atoms with Crippen LogP contribution in [0.25, 0.3) is 5.53 Å². The van der Waals surface area contributed by atoms with E-state index >= 15 is 0 Å². The summed E-state index contributed by atoms with van der Waals surface area (Å²) in [4.78, 5) is 13.8. The standard InChI is InChI=1S/C16H20N2O3/c1-11(8-12(2)21-16(19)10-18-17)20-15-7-6-13-4-3-5-14(13)9-15/h6-7,9-12H,3-5,8H2,1-2H3/t11-,12+/m0/s1. The Morgan fingerprint density at radius 2 is 2.10 bits per heavy atom. The van der Waals surface area contributed by atoms with Crippen molar-refractivity contribution in [1.29, 1.82) is 0 Å². The molecule has 0 heterocycles. The van der Waals surface area contributed by atoms with E-state index in [1.807, 2.05) is 13.0 Å². The molecule has 0 saturated heterocycles. The lowest BCUT2D eigenvalue weighted by atomic mass is 10.1. The van der Waals surface area contributed by atoms with Gasteiger partial charge in [0, 0.05) is 6.42 Å². The molecule has 0 N–H and O–H groups in total. The van der Waals surface area contributed by atoms with Crippen LogP contribution in [0.1, 0.15) is 37.8 Å². The van der Waals surface area contributed by atoms with Crippen molar-refractivity contribution in [1.82, 2.24) is 0 Å². The summed E-state index contributed by atoms with van der Waals surface area (Å²) in [6.45, 7) is 3.73. The predicted molar refractivity (Wildman–Crippen MR) is 78.4 cm³/mol. The zero-order chi connectivity index (χ0) is 15.2. The number of carbonyl (C=O) groups is 1. The highest BCUT2D eigenvalue weighted by Gasteiger charge is 2.16. The van der Waals surface area contributed by atoms with Gasteiger partial charge in [0.25, 0.3) is 0 Å². The average Bonchev–Trinajstić information content (AvgIpc) is 2.85. The molecule has 1 aromatic rings. The van der Waals surface area contributed by atoms with Gasteiger partial charge in [0.1, 0.15) is 11.9 Å². The molecule has 0 unspecified atom stereocenters. The van der Waals surface area contributed by atoms with E-state index in [4.69, 9.17) is 15.0 Å². The van der Waals surface area contributed by atoms with Crippen LogP contribution >= 0.6 is 0 Å². The second-order valence-corrected chi connectivity index (χ2v) is 5.44. The molecule has 1 aliphatic carbocycles. The maximum absolute atomic E-state index is 11.1. The number of hydrogen-bond acceptors (Lipinski definition) is 3. The molecule has 21 heavy (non-hydrogen) atoms. The van der Waals surface area contributed by atoms with Gasteiger partial charge in [-0.15, -0.1) is 0 Å². The highest BCUT2D eigenvalue weighted by molar-refractivity contribution is 6.20. The molecule has 5 heteroatoms. The quantitative estimate of drug-likeness (QED) is 0.349. The van der Waals surface area contributed by atoms with Crippen LogP contribution in [-0.2, 0) is 22.4 Å². The van der Waals surface area contributed by atoms with E-state index in [1.54, 1.807) is 6.92 Å². The van der Waals surface area contributed by atoms with Gasteiger partial charge in [0.15, 0.2) is 0 Å². The Hall–Kier alpha value is -2.13. The van der Waals surface area contributed by atoms with E-state index in [9.17, 15) is 4.79 Å². The number of fused-ring (bicyclic) bond motifs is 1. The number of aryl methyl sites for hydroxylation is 2. The van der Waals surface area contributed by atoms with Crippen molar-refractivity contribution in [3.8, 4) is 5.75 Å². The number of hydrogen-bond donors (Lipinski definition) is 0. The van der Waals surface area contributed by atoms with E-state index in [0.717, 1.165) is 24.8 Å². The first kappa shape index (κ1) is 15.3. The lowest BCUT2D eigenvalue weighted by Gasteiger charge is -2.19. The van der Waals surface area contributed by atoms with E-state index in [0.29, 0.717) is 6.42 Å². The second-order valence-electron chi connectivity index (χ2n) is 5.44. The van der Waals surface area contributed by atoms with Crippen molar-refractivity contribution in [3.05, 3.63) is 34.9 Å². The predicted octanol–water partition coefficient (Wildman–Crippen LogP) is 2.57. The number of esters is 1. The van der Waals surface area contributed by atoms with E-state index in [2.05, 4.69) is 16.9 Å². The van der Waals surface area contributed by atoms with E-state index in [1.165, 1.54) is 17.5 Å². The van der Waals surface area contributed by atoms with Gasteiger partial charge in [0.2, 0.25) is 0 Å². The largest absolute Gasteiger partial charge is 0.491 e. The number of carbonyl (C=O) groups excluding carboxylic acids is 1. The lowest BCUT2D eigenvalue weighted by molar-refractivity contribution is -0.144. The molecule has 112 valence electrons. The highest BCUT2D eigenvalue weighted by Crippen LogP contribution is 2.26. The Labute approximate surface area is 124 Å². The first-order chi connectivity index (χ1) is 10.1. The molecule has 0 radical (unpaired) electrons. The molecule has 2 rings (SSSR count). The molecule has 2 atom stereocenters. The highest BCUT2D eigenvalue weighted by atomic mass is 16.5. The number of ether oxygens (including phenoxy) is 2. The molecule has 0 aliphatic heterocycles. The minimum absolute atomic E-state index is 0.0710. The Balaban J connectivity index is 1.85. The molecule has 0 fully saturated rings. The topological polar surface area (TPSA) is 71.9 Å². The third-order valence-corrected chi connectivity index (χ3v) is 3.55. The summed E-state index contributed by atoms with van der Waals surface area (Å²) in [5.41, 5.74) is 11.0. The van der Waals surface area contributed by atoms with Crippen molar-refractivity contribution >= 4 is 12.2 Å². The van der Waals surface area contributed by atoms with Crippen LogP contribution in [0.3, 0.4) is 0 Å². The lowest BCUT2D eigenvalue weighted by Crippen LogP contribution is -2.23. The van der Waals surface area contributed by atoms with Crippen molar-refractivity contribution in [2.45, 2.75) is 51.7 Å². The maximum atomic E-state index is 11.1. The van der Waals surface area contributed by atoms with Gasteiger partial charge in [-0.25, -0.2) is 4.79 Å². The Morgan fingerprint density at radius 3 is 2.86 bits per heavy atom. The molecule has 0 bridgehead atoms. The third-order valence-electron chi connectivity index (χ3n) is 3.55. The van der Waals surface area contributed by atoms with Crippen LogP contribution < -0.4 is 4.74 Å². The van der Waals surface area contributed by atoms with Gasteiger partial charge in [-0.1, -0.05) is 6.07 Å². The van der Waals surface area contributed by atoms with Gasteiger partial charge < -0.3 is 15.0 Å². The Kier molecular flexibility index (Phi) is 5.12. The second kappa shape index (κ2) is 7.04.